The Morgan fingerprint density at radius 3 is 2.67 bits per heavy atom. The van der Waals surface area contributed by atoms with Gasteiger partial charge in [0, 0.05) is 0 Å². The Morgan fingerprint density at radius 1 is 1.39 bits per heavy atom. The first-order valence-electron chi connectivity index (χ1n) is 6.54. The minimum atomic E-state index is -0.674. The molecule has 18 heavy (non-hydrogen) atoms. The topological polar surface area (TPSA) is 37.3 Å². The van der Waals surface area contributed by atoms with Crippen molar-refractivity contribution in [2.75, 3.05) is 0 Å². The molecule has 1 aliphatic carbocycles. The average molecular weight is 244 g/mol. The van der Waals surface area contributed by atoms with Crippen LogP contribution in [0.15, 0.2) is 36.4 Å². The van der Waals surface area contributed by atoms with Crippen molar-refractivity contribution < 1.29 is 9.90 Å². The van der Waals surface area contributed by atoms with Crippen LogP contribution < -0.4 is 0 Å². The second-order valence-corrected chi connectivity index (χ2v) is 5.31. The van der Waals surface area contributed by atoms with Gasteiger partial charge in [0.15, 0.2) is 0 Å². The van der Waals surface area contributed by atoms with Gasteiger partial charge in [0.25, 0.3) is 0 Å². The zero-order chi connectivity index (χ0) is 13.2. The number of aliphatic carboxylic acids is 1. The maximum Gasteiger partial charge on any atom is 0.310 e. The molecule has 1 aliphatic rings. The first-order chi connectivity index (χ1) is 8.57. The number of carbonyl (C=O) groups is 1. The van der Waals surface area contributed by atoms with Crippen LogP contribution in [0.25, 0.3) is 0 Å². The Morgan fingerprint density at radius 2 is 2.06 bits per heavy atom. The van der Waals surface area contributed by atoms with E-state index in [1.54, 1.807) is 0 Å². The lowest BCUT2D eigenvalue weighted by Gasteiger charge is -2.35. The molecule has 0 aromatic heterocycles. The molecule has 2 heteroatoms. The summed E-state index contributed by atoms with van der Waals surface area (Å²) in [6.45, 7) is 6.02. The lowest BCUT2D eigenvalue weighted by Crippen LogP contribution is -2.37. The van der Waals surface area contributed by atoms with E-state index in [2.05, 4.69) is 18.7 Å². The van der Waals surface area contributed by atoms with Gasteiger partial charge in [0.1, 0.15) is 0 Å². The number of carboxylic acids is 1. The molecular formula is C16H20O2. The van der Waals surface area contributed by atoms with Crippen molar-refractivity contribution in [3.63, 3.8) is 0 Å². The van der Waals surface area contributed by atoms with E-state index in [1.165, 1.54) is 11.1 Å². The van der Waals surface area contributed by atoms with E-state index < -0.39 is 11.4 Å². The van der Waals surface area contributed by atoms with Crippen molar-refractivity contribution in [2.24, 2.45) is 5.41 Å². The van der Waals surface area contributed by atoms with Crippen LogP contribution in [0.1, 0.15) is 37.3 Å². The van der Waals surface area contributed by atoms with Crippen molar-refractivity contribution in [1.29, 1.82) is 0 Å². The second kappa shape index (κ2) is 4.97. The van der Waals surface area contributed by atoms with Gasteiger partial charge >= 0.3 is 5.97 Å². The molecule has 0 fully saturated rings. The highest BCUT2D eigenvalue weighted by Crippen LogP contribution is 2.40. The van der Waals surface area contributed by atoms with Crippen LogP contribution in [0.5, 0.6) is 0 Å². The predicted molar refractivity (Wildman–Crippen MR) is 72.6 cm³/mol. The minimum absolute atomic E-state index is 0.604. The van der Waals surface area contributed by atoms with Crippen molar-refractivity contribution in [2.45, 2.75) is 39.0 Å². The van der Waals surface area contributed by atoms with Crippen LogP contribution in [-0.2, 0) is 17.6 Å². The maximum absolute atomic E-state index is 11.7. The monoisotopic (exact) mass is 244 g/mol. The molecule has 0 radical (unpaired) electrons. The van der Waals surface area contributed by atoms with Crippen LogP contribution in [0.2, 0.25) is 0 Å². The highest BCUT2D eigenvalue weighted by molar-refractivity contribution is 5.76. The van der Waals surface area contributed by atoms with Crippen LogP contribution >= 0.6 is 0 Å². The van der Waals surface area contributed by atoms with Gasteiger partial charge < -0.3 is 5.11 Å². The van der Waals surface area contributed by atoms with Gasteiger partial charge in [-0.2, -0.15) is 0 Å². The van der Waals surface area contributed by atoms with Crippen molar-refractivity contribution in [3.05, 3.63) is 47.5 Å². The van der Waals surface area contributed by atoms with Crippen LogP contribution in [-0.4, -0.2) is 11.1 Å². The van der Waals surface area contributed by atoms with E-state index in [0.29, 0.717) is 12.8 Å². The number of fused-ring (bicyclic) bond motifs is 1. The normalized spacial score (nSPS) is 22.3. The lowest BCUT2D eigenvalue weighted by molar-refractivity contribution is -0.149. The summed E-state index contributed by atoms with van der Waals surface area (Å²) >= 11 is 0. The largest absolute Gasteiger partial charge is 0.481 e. The molecule has 1 N–H and O–H groups in total. The van der Waals surface area contributed by atoms with E-state index in [9.17, 15) is 9.90 Å². The van der Waals surface area contributed by atoms with E-state index in [1.807, 2.05) is 19.1 Å². The lowest BCUT2D eigenvalue weighted by atomic mass is 9.68. The highest BCUT2D eigenvalue weighted by Gasteiger charge is 2.41. The van der Waals surface area contributed by atoms with Crippen molar-refractivity contribution in [3.8, 4) is 0 Å². The van der Waals surface area contributed by atoms with Crippen LogP contribution in [0.3, 0.4) is 0 Å². The van der Waals surface area contributed by atoms with Gasteiger partial charge in [-0.25, -0.2) is 0 Å². The molecule has 0 saturated heterocycles. The molecule has 0 amide bonds. The number of hydrogen-bond donors (Lipinski definition) is 1. The summed E-state index contributed by atoms with van der Waals surface area (Å²) < 4.78 is 0. The summed E-state index contributed by atoms with van der Waals surface area (Å²) in [5.41, 5.74) is 2.89. The Bertz CT molecular complexity index is 476. The molecule has 0 saturated carbocycles. The fourth-order valence-corrected chi connectivity index (χ4v) is 2.81. The first-order valence-corrected chi connectivity index (χ1v) is 6.54. The Hall–Kier alpha value is -1.57. The quantitative estimate of drug-likeness (QED) is 0.822. The molecule has 1 aromatic carbocycles. The Balaban J connectivity index is 2.30. The van der Waals surface area contributed by atoms with Crippen LogP contribution in [0, 0.1) is 5.41 Å². The molecule has 0 bridgehead atoms. The third-order valence-electron chi connectivity index (χ3n) is 4.06. The summed E-state index contributed by atoms with van der Waals surface area (Å²) in [6, 6.07) is 8.18. The van der Waals surface area contributed by atoms with Gasteiger partial charge in [0.05, 0.1) is 5.41 Å². The standard InChI is InChI=1S/C16H20O2/c1-3-12(2)10-16(15(17)18)9-8-13-6-4-5-7-14(13)11-16/h4-7H,2-3,8-11H2,1H3,(H,17,18). The summed E-state index contributed by atoms with van der Waals surface area (Å²) in [5.74, 6) is -0.674. The average Bonchev–Trinajstić information content (AvgIpc) is 2.38. The van der Waals surface area contributed by atoms with Gasteiger partial charge in [-0.15, -0.1) is 0 Å². The van der Waals surface area contributed by atoms with E-state index in [-0.39, 0.29) is 0 Å². The van der Waals surface area contributed by atoms with Gasteiger partial charge in [-0.1, -0.05) is 43.3 Å². The van der Waals surface area contributed by atoms with E-state index >= 15 is 0 Å². The summed E-state index contributed by atoms with van der Waals surface area (Å²) in [5, 5.41) is 9.62. The Labute approximate surface area is 108 Å². The number of hydrogen-bond acceptors (Lipinski definition) is 1. The molecule has 1 unspecified atom stereocenters. The molecule has 0 spiro atoms. The van der Waals surface area contributed by atoms with Gasteiger partial charge in [-0.3, -0.25) is 4.79 Å². The third kappa shape index (κ3) is 2.33. The fourth-order valence-electron chi connectivity index (χ4n) is 2.81. The van der Waals surface area contributed by atoms with Crippen LogP contribution in [0.4, 0.5) is 0 Å². The fraction of sp³-hybridized carbons (Fsp3) is 0.438. The third-order valence-corrected chi connectivity index (χ3v) is 4.06. The first kappa shape index (κ1) is 12.9. The summed E-state index contributed by atoms with van der Waals surface area (Å²) in [7, 11) is 0. The number of rotatable bonds is 4. The van der Waals surface area contributed by atoms with Crippen molar-refractivity contribution >= 4 is 5.97 Å². The van der Waals surface area contributed by atoms with E-state index in [0.717, 1.165) is 24.8 Å². The van der Waals surface area contributed by atoms with Crippen molar-refractivity contribution in [1.82, 2.24) is 0 Å². The minimum Gasteiger partial charge on any atom is -0.481 e. The maximum atomic E-state index is 11.7. The smallest absolute Gasteiger partial charge is 0.310 e. The number of carboxylic acid groups (broad SMARTS) is 1. The SMILES string of the molecule is C=C(CC)CC1(C(=O)O)CCc2ccccc2C1. The van der Waals surface area contributed by atoms with E-state index in [4.69, 9.17) is 0 Å². The number of aryl methyl sites for hydroxylation is 1. The Kier molecular flexibility index (Phi) is 3.55. The molecule has 0 aliphatic heterocycles. The molecule has 1 atom stereocenters. The molecule has 0 heterocycles. The summed E-state index contributed by atoms with van der Waals surface area (Å²) in [6.07, 6.45) is 3.68. The molecule has 1 aromatic rings. The molecule has 2 nitrogen and oxygen atoms in total. The van der Waals surface area contributed by atoms with Gasteiger partial charge in [0.2, 0.25) is 0 Å². The zero-order valence-electron chi connectivity index (χ0n) is 10.9. The summed E-state index contributed by atoms with van der Waals surface area (Å²) in [4.78, 5) is 11.7. The molecular weight excluding hydrogens is 224 g/mol. The van der Waals surface area contributed by atoms with Gasteiger partial charge in [-0.05, 0) is 43.2 Å². The number of allylic oxidation sites excluding steroid dienone is 1. The molecule has 96 valence electrons. The predicted octanol–water partition coefficient (Wildman–Crippen LogP) is 3.60. The molecule has 2 rings (SSSR count). The second-order valence-electron chi connectivity index (χ2n) is 5.31. The highest BCUT2D eigenvalue weighted by atomic mass is 16.4. The number of benzene rings is 1. The zero-order valence-corrected chi connectivity index (χ0v) is 10.9.